The summed E-state index contributed by atoms with van der Waals surface area (Å²) in [6.45, 7) is 3.26. The molecule has 0 radical (unpaired) electrons. The van der Waals surface area contributed by atoms with Gasteiger partial charge in [0.25, 0.3) is 0 Å². The van der Waals surface area contributed by atoms with Gasteiger partial charge in [-0.2, -0.15) is 0 Å². The van der Waals surface area contributed by atoms with E-state index in [0.29, 0.717) is 6.54 Å². The van der Waals surface area contributed by atoms with Gasteiger partial charge in [-0.05, 0) is 48.1 Å². The van der Waals surface area contributed by atoms with Gasteiger partial charge in [0, 0.05) is 41.7 Å². The molecule has 0 aromatic heterocycles. The topological polar surface area (TPSA) is 6.48 Å². The lowest BCUT2D eigenvalue weighted by Gasteiger charge is -2.44. The minimum absolute atomic E-state index is 0.0746. The molecule has 0 amide bonds. The Balaban J connectivity index is 1.67. The standard InChI is InChI=1S/C25H26ClFN2S/c1-30-22-13-11-19(12-14-22)25-28(17-20-7-2-4-9-23(20)26)15-6-16-29(25)18-21-8-3-5-10-24(21)27/h2-5,7-14,25H,6,15-18H2,1H3/t25-/m1/s1. The average Bonchev–Trinajstić information content (AvgIpc) is 2.77. The monoisotopic (exact) mass is 440 g/mol. The Bertz CT molecular complexity index is 923. The molecule has 1 saturated heterocycles. The second-order valence-corrected chi connectivity index (χ2v) is 8.91. The minimum Gasteiger partial charge on any atom is -0.280 e. The van der Waals surface area contributed by atoms with Crippen molar-refractivity contribution in [3.8, 4) is 0 Å². The van der Waals surface area contributed by atoms with E-state index in [1.54, 1.807) is 23.9 Å². The number of benzene rings is 3. The van der Waals surface area contributed by atoms with E-state index in [0.717, 1.165) is 42.2 Å². The van der Waals surface area contributed by atoms with Crippen LogP contribution in [0.25, 0.3) is 0 Å². The Hall–Kier alpha value is -1.85. The van der Waals surface area contributed by atoms with Crippen LogP contribution in [0, 0.1) is 5.82 Å². The predicted octanol–water partition coefficient (Wildman–Crippen LogP) is 6.61. The summed E-state index contributed by atoms with van der Waals surface area (Å²) in [5, 5.41) is 0.792. The third-order valence-electron chi connectivity index (χ3n) is 5.66. The predicted molar refractivity (Wildman–Crippen MR) is 124 cm³/mol. The van der Waals surface area contributed by atoms with Gasteiger partial charge in [0.1, 0.15) is 5.82 Å². The molecule has 0 aliphatic carbocycles. The zero-order valence-electron chi connectivity index (χ0n) is 17.1. The summed E-state index contributed by atoms with van der Waals surface area (Å²) in [5.74, 6) is -0.141. The van der Waals surface area contributed by atoms with Crippen LogP contribution in [0.1, 0.15) is 29.3 Å². The van der Waals surface area contributed by atoms with Gasteiger partial charge in [-0.15, -0.1) is 11.8 Å². The summed E-state index contributed by atoms with van der Waals surface area (Å²) >= 11 is 8.21. The fourth-order valence-electron chi connectivity index (χ4n) is 4.17. The van der Waals surface area contributed by atoms with Crippen molar-refractivity contribution in [1.82, 2.24) is 9.80 Å². The van der Waals surface area contributed by atoms with Crippen LogP contribution in [0.5, 0.6) is 0 Å². The van der Waals surface area contributed by atoms with Gasteiger partial charge >= 0.3 is 0 Å². The second kappa shape index (κ2) is 9.97. The number of thioether (sulfide) groups is 1. The third kappa shape index (κ3) is 4.89. The molecule has 2 nitrogen and oxygen atoms in total. The van der Waals surface area contributed by atoms with Gasteiger partial charge in [-0.25, -0.2) is 4.39 Å². The minimum atomic E-state index is -0.141. The van der Waals surface area contributed by atoms with Crippen molar-refractivity contribution in [2.45, 2.75) is 30.6 Å². The Morgan fingerprint density at radius 2 is 1.47 bits per heavy atom. The van der Waals surface area contributed by atoms with E-state index in [4.69, 9.17) is 11.6 Å². The van der Waals surface area contributed by atoms with E-state index < -0.39 is 0 Å². The van der Waals surface area contributed by atoms with E-state index >= 15 is 0 Å². The third-order valence-corrected chi connectivity index (χ3v) is 6.77. The van der Waals surface area contributed by atoms with Gasteiger partial charge in [0.15, 0.2) is 0 Å². The molecule has 0 spiro atoms. The summed E-state index contributed by atoms with van der Waals surface area (Å²) in [6.07, 6.45) is 3.20. The summed E-state index contributed by atoms with van der Waals surface area (Å²) in [7, 11) is 0. The van der Waals surface area contributed by atoms with Crippen molar-refractivity contribution in [2.75, 3.05) is 19.3 Å². The Morgan fingerprint density at radius 1 is 0.867 bits per heavy atom. The summed E-state index contributed by atoms with van der Waals surface area (Å²) in [4.78, 5) is 6.08. The van der Waals surface area contributed by atoms with Gasteiger partial charge in [-0.3, -0.25) is 9.80 Å². The molecule has 156 valence electrons. The summed E-state index contributed by atoms with van der Waals surface area (Å²) < 4.78 is 14.4. The molecule has 4 rings (SSSR count). The van der Waals surface area contributed by atoms with E-state index in [-0.39, 0.29) is 12.0 Å². The fraction of sp³-hybridized carbons (Fsp3) is 0.280. The summed E-state index contributed by atoms with van der Waals surface area (Å²) in [5.41, 5.74) is 3.09. The molecule has 5 heteroatoms. The van der Waals surface area contributed by atoms with Crippen molar-refractivity contribution in [1.29, 1.82) is 0 Å². The van der Waals surface area contributed by atoms with Crippen LogP contribution in [0.2, 0.25) is 5.02 Å². The molecular weight excluding hydrogens is 415 g/mol. The number of hydrogen-bond acceptors (Lipinski definition) is 3. The van der Waals surface area contributed by atoms with Crippen LogP contribution < -0.4 is 0 Å². The quantitative estimate of drug-likeness (QED) is 0.398. The number of halogens is 2. The van der Waals surface area contributed by atoms with Crippen LogP contribution in [0.15, 0.2) is 77.7 Å². The Kier molecular flexibility index (Phi) is 7.11. The molecule has 0 bridgehead atoms. The fourth-order valence-corrected chi connectivity index (χ4v) is 4.78. The van der Waals surface area contributed by atoms with Gasteiger partial charge in [-0.1, -0.05) is 60.1 Å². The highest BCUT2D eigenvalue weighted by atomic mass is 35.5. The maximum Gasteiger partial charge on any atom is 0.127 e. The van der Waals surface area contributed by atoms with Crippen molar-refractivity contribution >= 4 is 23.4 Å². The first kappa shape index (κ1) is 21.4. The Morgan fingerprint density at radius 3 is 2.10 bits per heavy atom. The molecule has 1 fully saturated rings. The molecule has 1 atom stereocenters. The van der Waals surface area contributed by atoms with E-state index in [1.165, 1.54) is 10.5 Å². The SMILES string of the molecule is CSc1ccc([C@H]2N(Cc3ccccc3F)CCCN2Cc2ccccc2Cl)cc1. The van der Waals surface area contributed by atoms with Crippen LogP contribution >= 0.6 is 23.4 Å². The largest absolute Gasteiger partial charge is 0.280 e. The maximum absolute atomic E-state index is 14.4. The smallest absolute Gasteiger partial charge is 0.127 e. The normalized spacial score (nSPS) is 17.9. The molecule has 0 saturated carbocycles. The molecule has 3 aromatic carbocycles. The highest BCUT2D eigenvalue weighted by Gasteiger charge is 2.31. The molecule has 3 aromatic rings. The Labute approximate surface area is 187 Å². The van der Waals surface area contributed by atoms with Gasteiger partial charge < -0.3 is 0 Å². The molecule has 30 heavy (non-hydrogen) atoms. The first-order chi connectivity index (χ1) is 14.7. The molecule has 1 aliphatic heterocycles. The van der Waals surface area contributed by atoms with Crippen molar-refractivity contribution in [3.63, 3.8) is 0 Å². The number of hydrogen-bond donors (Lipinski definition) is 0. The zero-order chi connectivity index (χ0) is 20.9. The first-order valence-corrected chi connectivity index (χ1v) is 11.8. The van der Waals surface area contributed by atoms with Crippen molar-refractivity contribution in [3.05, 3.63) is 100 Å². The van der Waals surface area contributed by atoms with Gasteiger partial charge in [0.2, 0.25) is 0 Å². The highest BCUT2D eigenvalue weighted by Crippen LogP contribution is 2.34. The maximum atomic E-state index is 14.4. The van der Waals surface area contributed by atoms with Crippen LogP contribution in [-0.2, 0) is 13.1 Å². The molecule has 1 heterocycles. The van der Waals surface area contributed by atoms with E-state index in [1.807, 2.05) is 30.3 Å². The van der Waals surface area contributed by atoms with E-state index in [2.05, 4.69) is 46.4 Å². The molecule has 0 unspecified atom stereocenters. The van der Waals surface area contributed by atoms with E-state index in [9.17, 15) is 4.39 Å². The lowest BCUT2D eigenvalue weighted by Crippen LogP contribution is -2.47. The van der Waals surface area contributed by atoms with Crippen LogP contribution in [-0.4, -0.2) is 29.1 Å². The van der Waals surface area contributed by atoms with Crippen molar-refractivity contribution in [2.24, 2.45) is 0 Å². The average molecular weight is 441 g/mol. The molecule has 0 N–H and O–H groups in total. The number of rotatable bonds is 6. The second-order valence-electron chi connectivity index (χ2n) is 7.62. The highest BCUT2D eigenvalue weighted by molar-refractivity contribution is 7.98. The van der Waals surface area contributed by atoms with Crippen LogP contribution in [0.4, 0.5) is 4.39 Å². The number of nitrogens with zero attached hydrogens (tertiary/aromatic N) is 2. The zero-order valence-corrected chi connectivity index (χ0v) is 18.7. The lowest BCUT2D eigenvalue weighted by atomic mass is 10.0. The summed E-state index contributed by atoms with van der Waals surface area (Å²) in [6, 6.07) is 23.9. The lowest BCUT2D eigenvalue weighted by molar-refractivity contribution is -0.00965. The molecule has 1 aliphatic rings. The first-order valence-electron chi connectivity index (χ1n) is 10.2. The van der Waals surface area contributed by atoms with Crippen LogP contribution in [0.3, 0.4) is 0 Å². The van der Waals surface area contributed by atoms with Gasteiger partial charge in [0.05, 0.1) is 6.17 Å². The van der Waals surface area contributed by atoms with Crippen molar-refractivity contribution < 1.29 is 4.39 Å². The molecular formula is C25H26ClFN2S.